The summed E-state index contributed by atoms with van der Waals surface area (Å²) >= 11 is 0. The topological polar surface area (TPSA) is 107 Å². The molecule has 0 N–H and O–H groups in total. The van der Waals surface area contributed by atoms with E-state index in [1.165, 1.54) is 0 Å². The summed E-state index contributed by atoms with van der Waals surface area (Å²) in [6.07, 6.45) is 0. The molecule has 26 heavy (non-hydrogen) atoms. The summed E-state index contributed by atoms with van der Waals surface area (Å²) in [6.45, 7) is 0. The Morgan fingerprint density at radius 1 is 0.808 bits per heavy atom. The monoisotopic (exact) mass is 396 g/mol. The fraction of sp³-hybridized carbons (Fsp3) is 0.125. The molecule has 0 bridgehead atoms. The zero-order valence-corrected chi connectivity index (χ0v) is 14.9. The molecule has 0 radical (unpaired) electrons. The third-order valence-corrected chi connectivity index (χ3v) is 6.43. The quantitative estimate of drug-likeness (QED) is 0.588. The predicted octanol–water partition coefficient (Wildman–Crippen LogP) is 2.16. The average molecular weight is 396 g/mol. The summed E-state index contributed by atoms with van der Waals surface area (Å²) in [5.41, 5.74) is 0.534. The Balaban J connectivity index is 1.80. The van der Waals surface area contributed by atoms with Crippen molar-refractivity contribution in [2.45, 2.75) is 21.6 Å². The molecule has 3 rings (SSSR count). The van der Waals surface area contributed by atoms with Crippen molar-refractivity contribution in [1.82, 2.24) is 10.2 Å². The van der Waals surface area contributed by atoms with Crippen LogP contribution in [0, 0.1) is 5.82 Å². The molecule has 0 unspecified atom stereocenters. The third kappa shape index (κ3) is 4.14. The van der Waals surface area contributed by atoms with Gasteiger partial charge in [-0.2, -0.15) is 0 Å². The number of rotatable bonds is 6. The lowest BCUT2D eigenvalue weighted by atomic mass is 10.2. The van der Waals surface area contributed by atoms with E-state index in [1.54, 1.807) is 30.3 Å². The van der Waals surface area contributed by atoms with E-state index in [0.29, 0.717) is 5.56 Å². The summed E-state index contributed by atoms with van der Waals surface area (Å²) in [6, 6.07) is 12.6. The van der Waals surface area contributed by atoms with Crippen LogP contribution < -0.4 is 0 Å². The largest absolute Gasteiger partial charge is 0.411 e. The predicted molar refractivity (Wildman–Crippen MR) is 88.9 cm³/mol. The zero-order chi connectivity index (χ0) is 18.8. The molecule has 3 aromatic rings. The molecule has 0 aliphatic carbocycles. The van der Waals surface area contributed by atoms with Crippen LogP contribution in [0.3, 0.4) is 0 Å². The van der Waals surface area contributed by atoms with E-state index in [2.05, 4.69) is 10.2 Å². The maximum Gasteiger partial charge on any atom is 0.335 e. The minimum absolute atomic E-state index is 0.134. The highest BCUT2D eigenvalue weighted by molar-refractivity contribution is 7.90. The van der Waals surface area contributed by atoms with Crippen molar-refractivity contribution in [1.29, 1.82) is 0 Å². The zero-order valence-electron chi connectivity index (χ0n) is 13.2. The van der Waals surface area contributed by atoms with E-state index in [9.17, 15) is 21.2 Å². The molecule has 1 heterocycles. The van der Waals surface area contributed by atoms with E-state index in [1.807, 2.05) is 0 Å². The summed E-state index contributed by atoms with van der Waals surface area (Å²) < 4.78 is 67.1. The minimum atomic E-state index is -3.90. The summed E-state index contributed by atoms with van der Waals surface area (Å²) in [5, 5.41) is 6.30. The van der Waals surface area contributed by atoms with Gasteiger partial charge in [-0.15, -0.1) is 5.10 Å². The standard InChI is InChI=1S/C16H13FN2O5S2/c17-13-6-8-14(9-7-13)25(20,21)11-15-18-19-16(24-15)26(22,23)10-12-4-2-1-3-5-12/h1-9H,10-11H2. The highest BCUT2D eigenvalue weighted by Crippen LogP contribution is 2.19. The first-order valence-electron chi connectivity index (χ1n) is 7.34. The van der Waals surface area contributed by atoms with Crippen molar-refractivity contribution < 1.29 is 25.6 Å². The number of benzene rings is 2. The van der Waals surface area contributed by atoms with Crippen LogP contribution in [0.2, 0.25) is 0 Å². The van der Waals surface area contributed by atoms with Gasteiger partial charge < -0.3 is 4.42 Å². The summed E-state index contributed by atoms with van der Waals surface area (Å²) in [7, 11) is -7.78. The van der Waals surface area contributed by atoms with Crippen LogP contribution in [0.1, 0.15) is 11.5 Å². The van der Waals surface area contributed by atoms with Crippen LogP contribution in [0.25, 0.3) is 0 Å². The molecule has 0 fully saturated rings. The Bertz CT molecular complexity index is 1110. The smallest absolute Gasteiger partial charge is 0.335 e. The highest BCUT2D eigenvalue weighted by atomic mass is 32.2. The lowest BCUT2D eigenvalue weighted by Crippen LogP contribution is -2.06. The highest BCUT2D eigenvalue weighted by Gasteiger charge is 2.25. The maximum absolute atomic E-state index is 12.9. The van der Waals surface area contributed by atoms with Crippen molar-refractivity contribution in [2.24, 2.45) is 0 Å². The maximum atomic E-state index is 12.9. The molecule has 1 aromatic heterocycles. The van der Waals surface area contributed by atoms with Gasteiger partial charge >= 0.3 is 5.22 Å². The number of hydrogen-bond donors (Lipinski definition) is 0. The average Bonchev–Trinajstić information content (AvgIpc) is 3.04. The molecule has 0 saturated heterocycles. The first-order valence-corrected chi connectivity index (χ1v) is 10.6. The van der Waals surface area contributed by atoms with Crippen LogP contribution in [-0.4, -0.2) is 27.0 Å². The molecule has 2 aromatic carbocycles. The Morgan fingerprint density at radius 2 is 1.46 bits per heavy atom. The second kappa shape index (κ2) is 6.96. The molecule has 0 saturated carbocycles. The summed E-state index contributed by atoms with van der Waals surface area (Å²) in [4.78, 5) is -0.134. The Morgan fingerprint density at radius 3 is 2.12 bits per heavy atom. The van der Waals surface area contributed by atoms with Crippen LogP contribution >= 0.6 is 0 Å². The van der Waals surface area contributed by atoms with Crippen molar-refractivity contribution >= 4 is 19.7 Å². The van der Waals surface area contributed by atoms with Crippen molar-refractivity contribution in [3.63, 3.8) is 0 Å². The van der Waals surface area contributed by atoms with Gasteiger partial charge in [0.2, 0.25) is 15.7 Å². The van der Waals surface area contributed by atoms with E-state index >= 15 is 0 Å². The second-order valence-corrected chi connectivity index (χ2v) is 9.28. The number of nitrogens with zero attached hydrogens (tertiary/aromatic N) is 2. The third-order valence-electron chi connectivity index (χ3n) is 3.40. The second-order valence-electron chi connectivity index (χ2n) is 5.42. The van der Waals surface area contributed by atoms with Gasteiger partial charge in [0, 0.05) is 0 Å². The van der Waals surface area contributed by atoms with E-state index in [4.69, 9.17) is 4.42 Å². The van der Waals surface area contributed by atoms with E-state index in [0.717, 1.165) is 24.3 Å². The van der Waals surface area contributed by atoms with Crippen molar-refractivity contribution in [3.05, 3.63) is 71.9 Å². The van der Waals surface area contributed by atoms with Crippen molar-refractivity contribution in [3.8, 4) is 0 Å². The number of aromatic nitrogens is 2. The normalized spacial score (nSPS) is 12.2. The molecule has 0 atom stereocenters. The van der Waals surface area contributed by atoms with Gasteiger partial charge in [-0.1, -0.05) is 35.4 Å². The van der Waals surface area contributed by atoms with Gasteiger partial charge in [0.25, 0.3) is 0 Å². The van der Waals surface area contributed by atoms with Crippen LogP contribution in [0.4, 0.5) is 4.39 Å². The number of sulfone groups is 2. The molecule has 136 valence electrons. The van der Waals surface area contributed by atoms with Gasteiger partial charge in [0.15, 0.2) is 9.84 Å². The fourth-order valence-corrected chi connectivity index (χ4v) is 4.47. The lowest BCUT2D eigenvalue weighted by molar-refractivity contribution is 0.405. The molecule has 0 aliphatic rings. The SMILES string of the molecule is O=S(=O)(Cc1nnc(S(=O)(=O)Cc2ccccc2)o1)c1ccc(F)cc1. The Hall–Kier alpha value is -2.59. The van der Waals surface area contributed by atoms with Crippen molar-refractivity contribution in [2.75, 3.05) is 0 Å². The number of hydrogen-bond acceptors (Lipinski definition) is 7. The fourth-order valence-electron chi connectivity index (χ4n) is 2.17. The molecule has 0 aliphatic heterocycles. The van der Waals surface area contributed by atoms with Gasteiger partial charge in [0.1, 0.15) is 11.6 Å². The molecule has 0 spiro atoms. The number of halogens is 1. The first-order chi connectivity index (χ1) is 12.3. The molecular formula is C16H13FN2O5S2. The van der Waals surface area contributed by atoms with Crippen LogP contribution in [-0.2, 0) is 31.2 Å². The Labute approximate surface area is 149 Å². The molecule has 7 nitrogen and oxygen atoms in total. The van der Waals surface area contributed by atoms with Gasteiger partial charge in [-0.05, 0) is 29.8 Å². The van der Waals surface area contributed by atoms with E-state index < -0.39 is 36.5 Å². The lowest BCUT2D eigenvalue weighted by Gasteiger charge is -2.01. The van der Waals surface area contributed by atoms with Crippen LogP contribution in [0.15, 0.2) is 69.1 Å². The molecular weight excluding hydrogens is 383 g/mol. The van der Waals surface area contributed by atoms with Gasteiger partial charge in [-0.3, -0.25) is 0 Å². The first kappa shape index (κ1) is 18.2. The van der Waals surface area contributed by atoms with Gasteiger partial charge in [-0.25, -0.2) is 21.2 Å². The Kier molecular flexibility index (Phi) is 4.88. The van der Waals surface area contributed by atoms with Crippen LogP contribution in [0.5, 0.6) is 0 Å². The molecule has 0 amide bonds. The summed E-state index contributed by atoms with van der Waals surface area (Å²) in [5.74, 6) is -1.97. The minimum Gasteiger partial charge on any atom is -0.411 e. The molecule has 10 heteroatoms. The van der Waals surface area contributed by atoms with E-state index in [-0.39, 0.29) is 16.5 Å². The van der Waals surface area contributed by atoms with Gasteiger partial charge in [0.05, 0.1) is 10.6 Å².